The second-order valence-electron chi connectivity index (χ2n) is 6.38. The first-order chi connectivity index (χ1) is 8.80. The molecule has 1 aliphatic rings. The van der Waals surface area contributed by atoms with Gasteiger partial charge in [0.15, 0.2) is 0 Å². The van der Waals surface area contributed by atoms with Crippen LogP contribution in [-0.2, 0) is 9.47 Å². The lowest BCUT2D eigenvalue weighted by molar-refractivity contribution is 0.0505. The van der Waals surface area contributed by atoms with E-state index in [4.69, 9.17) is 9.47 Å². The van der Waals surface area contributed by atoms with Crippen LogP contribution in [0.25, 0.3) is 0 Å². The largest absolute Gasteiger partial charge is 0.444 e. The summed E-state index contributed by atoms with van der Waals surface area (Å²) in [5, 5.41) is 6.45. The fourth-order valence-corrected chi connectivity index (χ4v) is 2.44. The Morgan fingerprint density at radius 1 is 1.32 bits per heavy atom. The first kappa shape index (κ1) is 16.2. The predicted molar refractivity (Wildman–Crippen MR) is 75.3 cm³/mol. The van der Waals surface area contributed by atoms with Crippen LogP contribution in [0, 0.1) is 0 Å². The molecule has 0 radical (unpaired) electrons. The number of ether oxygens (including phenoxy) is 2. The highest BCUT2D eigenvalue weighted by Gasteiger charge is 2.28. The molecule has 3 unspecified atom stereocenters. The van der Waals surface area contributed by atoms with Gasteiger partial charge in [-0.05, 0) is 47.0 Å². The highest BCUT2D eigenvalue weighted by Crippen LogP contribution is 2.20. The molecule has 0 heterocycles. The number of hydrogen-bond acceptors (Lipinski definition) is 4. The zero-order valence-corrected chi connectivity index (χ0v) is 12.8. The monoisotopic (exact) mass is 272 g/mol. The van der Waals surface area contributed by atoms with Crippen molar-refractivity contribution in [1.29, 1.82) is 0 Å². The molecule has 5 nitrogen and oxygen atoms in total. The molecule has 0 spiro atoms. The van der Waals surface area contributed by atoms with E-state index in [1.165, 1.54) is 0 Å². The molecule has 0 aromatic rings. The summed E-state index contributed by atoms with van der Waals surface area (Å²) in [6.07, 6.45) is 2.71. The van der Waals surface area contributed by atoms with Crippen molar-refractivity contribution in [3.05, 3.63) is 0 Å². The zero-order valence-electron chi connectivity index (χ0n) is 12.8. The summed E-state index contributed by atoms with van der Waals surface area (Å²) >= 11 is 0. The fourth-order valence-electron chi connectivity index (χ4n) is 2.44. The summed E-state index contributed by atoms with van der Waals surface area (Å²) in [7, 11) is 1.71. The van der Waals surface area contributed by atoms with E-state index in [2.05, 4.69) is 17.6 Å². The molecular formula is C14H28N2O3. The molecule has 1 amide bonds. The number of nitrogens with one attached hydrogen (secondary N) is 2. The first-order valence-corrected chi connectivity index (χ1v) is 7.04. The van der Waals surface area contributed by atoms with Crippen LogP contribution in [0.3, 0.4) is 0 Å². The van der Waals surface area contributed by atoms with Gasteiger partial charge in [-0.15, -0.1) is 0 Å². The van der Waals surface area contributed by atoms with Gasteiger partial charge in [-0.1, -0.05) is 0 Å². The SMILES string of the molecule is COCC(C)NC1CCC(NC(=O)OC(C)(C)C)C1. The molecule has 1 aliphatic carbocycles. The van der Waals surface area contributed by atoms with Crippen molar-refractivity contribution in [2.45, 2.75) is 70.7 Å². The second-order valence-corrected chi connectivity index (χ2v) is 6.38. The Morgan fingerprint density at radius 3 is 2.53 bits per heavy atom. The van der Waals surface area contributed by atoms with Gasteiger partial charge in [-0.3, -0.25) is 0 Å². The van der Waals surface area contributed by atoms with Crippen LogP contribution in [0.4, 0.5) is 4.79 Å². The molecule has 2 N–H and O–H groups in total. The fraction of sp³-hybridized carbons (Fsp3) is 0.929. The Bertz CT molecular complexity index is 289. The Balaban J connectivity index is 2.26. The zero-order chi connectivity index (χ0) is 14.5. The number of carbonyl (C=O) groups is 1. The van der Waals surface area contributed by atoms with Crippen molar-refractivity contribution in [3.63, 3.8) is 0 Å². The van der Waals surface area contributed by atoms with Crippen molar-refractivity contribution in [3.8, 4) is 0 Å². The summed E-state index contributed by atoms with van der Waals surface area (Å²) in [4.78, 5) is 11.7. The van der Waals surface area contributed by atoms with Gasteiger partial charge in [0.2, 0.25) is 0 Å². The lowest BCUT2D eigenvalue weighted by atomic mass is 10.2. The normalized spacial score (nSPS) is 25.1. The van der Waals surface area contributed by atoms with E-state index in [0.717, 1.165) is 19.3 Å². The minimum atomic E-state index is -0.437. The number of amides is 1. The second kappa shape index (κ2) is 7.10. The Kier molecular flexibility index (Phi) is 6.07. The molecule has 1 saturated carbocycles. The third-order valence-electron chi connectivity index (χ3n) is 3.09. The van der Waals surface area contributed by atoms with Gasteiger partial charge >= 0.3 is 6.09 Å². The average Bonchev–Trinajstić information content (AvgIpc) is 2.62. The highest BCUT2D eigenvalue weighted by atomic mass is 16.6. The van der Waals surface area contributed by atoms with Crippen molar-refractivity contribution >= 4 is 6.09 Å². The van der Waals surface area contributed by atoms with Crippen LogP contribution in [-0.4, -0.2) is 43.5 Å². The van der Waals surface area contributed by atoms with E-state index < -0.39 is 5.60 Å². The minimum Gasteiger partial charge on any atom is -0.444 e. The molecule has 0 saturated heterocycles. The molecule has 19 heavy (non-hydrogen) atoms. The Hall–Kier alpha value is -0.810. The number of hydrogen-bond donors (Lipinski definition) is 2. The van der Waals surface area contributed by atoms with Gasteiger partial charge in [0.25, 0.3) is 0 Å². The molecule has 5 heteroatoms. The van der Waals surface area contributed by atoms with E-state index in [1.54, 1.807) is 7.11 Å². The third-order valence-corrected chi connectivity index (χ3v) is 3.09. The number of methoxy groups -OCH3 is 1. The van der Waals surface area contributed by atoms with Crippen LogP contribution >= 0.6 is 0 Å². The van der Waals surface area contributed by atoms with Crippen LogP contribution in [0.15, 0.2) is 0 Å². The topological polar surface area (TPSA) is 59.6 Å². The van der Waals surface area contributed by atoms with Gasteiger partial charge in [0.1, 0.15) is 5.60 Å². The molecular weight excluding hydrogens is 244 g/mol. The molecule has 3 atom stereocenters. The van der Waals surface area contributed by atoms with E-state index in [9.17, 15) is 4.79 Å². The van der Waals surface area contributed by atoms with Crippen molar-refractivity contribution in [1.82, 2.24) is 10.6 Å². The number of rotatable bonds is 5. The predicted octanol–water partition coefficient (Wildman–Crippen LogP) is 2.06. The standard InChI is InChI=1S/C14H28N2O3/c1-10(9-18-5)15-11-6-7-12(8-11)16-13(17)19-14(2,3)4/h10-12,15H,6-9H2,1-5H3,(H,16,17). The Morgan fingerprint density at radius 2 is 1.95 bits per heavy atom. The summed E-state index contributed by atoms with van der Waals surface area (Å²) in [6, 6.07) is 1.00. The molecule has 0 aromatic heterocycles. The van der Waals surface area contributed by atoms with Crippen LogP contribution in [0.2, 0.25) is 0 Å². The van der Waals surface area contributed by atoms with Gasteiger partial charge in [0.05, 0.1) is 6.61 Å². The highest BCUT2D eigenvalue weighted by molar-refractivity contribution is 5.68. The lowest BCUT2D eigenvalue weighted by Gasteiger charge is -2.22. The Labute approximate surface area is 116 Å². The first-order valence-electron chi connectivity index (χ1n) is 7.04. The lowest BCUT2D eigenvalue weighted by Crippen LogP contribution is -2.41. The summed E-state index contributed by atoms with van der Waals surface area (Å²) < 4.78 is 10.4. The van der Waals surface area contributed by atoms with Gasteiger partial charge in [0, 0.05) is 25.2 Å². The van der Waals surface area contributed by atoms with Crippen molar-refractivity contribution < 1.29 is 14.3 Å². The summed E-state index contributed by atoms with van der Waals surface area (Å²) in [5.41, 5.74) is -0.437. The number of alkyl carbamates (subject to hydrolysis) is 1. The van der Waals surface area contributed by atoms with Crippen molar-refractivity contribution in [2.24, 2.45) is 0 Å². The molecule has 112 valence electrons. The maximum absolute atomic E-state index is 11.7. The van der Waals surface area contributed by atoms with E-state index in [-0.39, 0.29) is 12.1 Å². The third kappa shape index (κ3) is 6.78. The molecule has 0 aromatic carbocycles. The molecule has 1 rings (SSSR count). The molecule has 1 fully saturated rings. The molecule has 0 bridgehead atoms. The van der Waals surface area contributed by atoms with Gasteiger partial charge in [-0.25, -0.2) is 4.79 Å². The quantitative estimate of drug-likeness (QED) is 0.804. The van der Waals surface area contributed by atoms with Gasteiger partial charge < -0.3 is 20.1 Å². The number of carbonyl (C=O) groups excluding carboxylic acids is 1. The van der Waals surface area contributed by atoms with E-state index in [0.29, 0.717) is 18.7 Å². The average molecular weight is 272 g/mol. The molecule has 0 aliphatic heterocycles. The van der Waals surface area contributed by atoms with Gasteiger partial charge in [-0.2, -0.15) is 0 Å². The summed E-state index contributed by atoms with van der Waals surface area (Å²) in [6.45, 7) is 8.44. The van der Waals surface area contributed by atoms with Crippen molar-refractivity contribution in [2.75, 3.05) is 13.7 Å². The minimum absolute atomic E-state index is 0.210. The van der Waals surface area contributed by atoms with Crippen LogP contribution in [0.1, 0.15) is 47.0 Å². The summed E-state index contributed by atoms with van der Waals surface area (Å²) in [5.74, 6) is 0. The maximum Gasteiger partial charge on any atom is 0.407 e. The smallest absolute Gasteiger partial charge is 0.407 e. The van der Waals surface area contributed by atoms with Crippen LogP contribution < -0.4 is 10.6 Å². The van der Waals surface area contributed by atoms with E-state index >= 15 is 0 Å². The maximum atomic E-state index is 11.7. The van der Waals surface area contributed by atoms with E-state index in [1.807, 2.05) is 20.8 Å². The van der Waals surface area contributed by atoms with Crippen LogP contribution in [0.5, 0.6) is 0 Å².